The number of pyridine rings is 1. The number of nitrogens with zero attached hydrogens (tertiary/aromatic N) is 2. The minimum atomic E-state index is -0.253. The van der Waals surface area contributed by atoms with E-state index in [1.807, 2.05) is 13.0 Å². The van der Waals surface area contributed by atoms with Crippen molar-refractivity contribution in [1.29, 1.82) is 0 Å². The van der Waals surface area contributed by atoms with Crippen LogP contribution < -0.4 is 20.9 Å². The van der Waals surface area contributed by atoms with Gasteiger partial charge in [0.2, 0.25) is 11.8 Å². The second-order valence-electron chi connectivity index (χ2n) is 8.76. The van der Waals surface area contributed by atoms with Gasteiger partial charge in [-0.2, -0.15) is 0 Å². The molecule has 2 N–H and O–H groups in total. The van der Waals surface area contributed by atoms with Crippen molar-refractivity contribution < 1.29 is 19.1 Å². The Morgan fingerprint density at radius 1 is 1.09 bits per heavy atom. The zero-order chi connectivity index (χ0) is 24.1. The van der Waals surface area contributed by atoms with Crippen molar-refractivity contribution in [2.75, 3.05) is 19.7 Å². The van der Waals surface area contributed by atoms with Gasteiger partial charge in [-0.15, -0.1) is 0 Å². The predicted octanol–water partition coefficient (Wildman–Crippen LogP) is 1.24. The number of fused-ring (bicyclic) bond motifs is 4. The van der Waals surface area contributed by atoms with Crippen LogP contribution in [0, 0.1) is 6.92 Å². The first-order chi connectivity index (χ1) is 16.4. The summed E-state index contributed by atoms with van der Waals surface area (Å²) in [6.45, 7) is 3.05. The van der Waals surface area contributed by atoms with Gasteiger partial charge in [-0.05, 0) is 43.5 Å². The quantitative estimate of drug-likeness (QED) is 0.707. The summed E-state index contributed by atoms with van der Waals surface area (Å²) in [6, 6.07) is 9.67. The summed E-state index contributed by atoms with van der Waals surface area (Å²) in [6.07, 6.45) is 3.35. The van der Waals surface area contributed by atoms with Gasteiger partial charge in [0.1, 0.15) is 12.4 Å². The second kappa shape index (κ2) is 10.5. The van der Waals surface area contributed by atoms with Gasteiger partial charge in [0.15, 0.2) is 0 Å². The van der Waals surface area contributed by atoms with E-state index in [9.17, 15) is 19.2 Å². The Morgan fingerprint density at radius 3 is 2.74 bits per heavy atom. The zero-order valence-corrected chi connectivity index (χ0v) is 19.3. The zero-order valence-electron chi connectivity index (χ0n) is 19.3. The highest BCUT2D eigenvalue weighted by Crippen LogP contribution is 2.27. The Kier molecular flexibility index (Phi) is 7.30. The van der Waals surface area contributed by atoms with Crippen LogP contribution in [0.2, 0.25) is 0 Å². The molecule has 1 saturated heterocycles. The topological polar surface area (TPSA) is 110 Å². The second-order valence-corrected chi connectivity index (χ2v) is 8.76. The van der Waals surface area contributed by atoms with Gasteiger partial charge in [-0.25, -0.2) is 0 Å². The van der Waals surface area contributed by atoms with Crippen LogP contribution in [0.25, 0.3) is 0 Å². The molecule has 2 aliphatic rings. The number of amides is 3. The van der Waals surface area contributed by atoms with Crippen molar-refractivity contribution in [2.45, 2.75) is 51.2 Å². The SMILES string of the molecule is Cc1ccc2cc1OCCNC(=O)C[C@@H]1CC[C@H](CNC2=O)N1C(=O)CCn1ccccc1=O. The molecule has 2 atom stereocenters. The van der Waals surface area contributed by atoms with Crippen LogP contribution in [0.4, 0.5) is 0 Å². The molecule has 1 fully saturated rings. The normalized spacial score (nSPS) is 21.0. The molecule has 1 aromatic heterocycles. The van der Waals surface area contributed by atoms with Gasteiger partial charge < -0.3 is 24.8 Å². The number of benzene rings is 1. The minimum Gasteiger partial charge on any atom is -0.491 e. The molecule has 0 radical (unpaired) electrons. The molecule has 0 aliphatic carbocycles. The smallest absolute Gasteiger partial charge is 0.251 e. The molecule has 180 valence electrons. The molecule has 4 bridgehead atoms. The predicted molar refractivity (Wildman–Crippen MR) is 126 cm³/mol. The van der Waals surface area contributed by atoms with Crippen molar-refractivity contribution >= 4 is 17.7 Å². The maximum atomic E-state index is 13.3. The number of nitrogens with one attached hydrogen (secondary N) is 2. The lowest BCUT2D eigenvalue weighted by molar-refractivity contribution is -0.135. The van der Waals surface area contributed by atoms with E-state index in [1.165, 1.54) is 10.6 Å². The van der Waals surface area contributed by atoms with Crippen LogP contribution in [0.5, 0.6) is 5.75 Å². The van der Waals surface area contributed by atoms with Crippen LogP contribution in [0.3, 0.4) is 0 Å². The van der Waals surface area contributed by atoms with E-state index in [0.717, 1.165) is 5.56 Å². The van der Waals surface area contributed by atoms with E-state index in [0.29, 0.717) is 30.7 Å². The Balaban J connectivity index is 1.52. The highest BCUT2D eigenvalue weighted by atomic mass is 16.5. The molecule has 1 aromatic carbocycles. The molecule has 34 heavy (non-hydrogen) atoms. The number of hydrogen-bond acceptors (Lipinski definition) is 5. The summed E-state index contributed by atoms with van der Waals surface area (Å²) >= 11 is 0. The highest BCUT2D eigenvalue weighted by Gasteiger charge is 2.37. The van der Waals surface area contributed by atoms with Crippen LogP contribution in [0.15, 0.2) is 47.4 Å². The fourth-order valence-corrected chi connectivity index (χ4v) is 4.61. The molecule has 9 nitrogen and oxygen atoms in total. The number of aryl methyl sites for hydroxylation is 2. The number of hydrogen-bond donors (Lipinski definition) is 2. The lowest BCUT2D eigenvalue weighted by Crippen LogP contribution is -2.48. The van der Waals surface area contributed by atoms with E-state index < -0.39 is 0 Å². The number of aromatic nitrogens is 1. The maximum absolute atomic E-state index is 13.3. The number of ether oxygens (including phenoxy) is 1. The molecule has 2 aliphatic heterocycles. The summed E-state index contributed by atoms with van der Waals surface area (Å²) in [5.41, 5.74) is 1.22. The first-order valence-electron chi connectivity index (χ1n) is 11.7. The van der Waals surface area contributed by atoms with E-state index in [4.69, 9.17) is 4.74 Å². The van der Waals surface area contributed by atoms with E-state index >= 15 is 0 Å². The summed E-state index contributed by atoms with van der Waals surface area (Å²) in [5.74, 6) is 0.0955. The number of rotatable bonds is 3. The lowest BCUT2D eigenvalue weighted by Gasteiger charge is -2.30. The van der Waals surface area contributed by atoms with Gasteiger partial charge in [0, 0.05) is 55.8 Å². The lowest BCUT2D eigenvalue weighted by atomic mass is 10.1. The molecule has 3 heterocycles. The van der Waals surface area contributed by atoms with Gasteiger partial charge >= 0.3 is 0 Å². The molecular formula is C25H30N4O5. The molecule has 2 aromatic rings. The molecule has 0 unspecified atom stereocenters. The van der Waals surface area contributed by atoms with Gasteiger partial charge in [-0.1, -0.05) is 12.1 Å². The fourth-order valence-electron chi connectivity index (χ4n) is 4.61. The molecular weight excluding hydrogens is 436 g/mol. The van der Waals surface area contributed by atoms with Gasteiger partial charge in [0.25, 0.3) is 11.5 Å². The van der Waals surface area contributed by atoms with Crippen molar-refractivity contribution in [3.05, 3.63) is 64.1 Å². The van der Waals surface area contributed by atoms with E-state index in [2.05, 4.69) is 10.6 Å². The van der Waals surface area contributed by atoms with Crippen molar-refractivity contribution in [3.63, 3.8) is 0 Å². The minimum absolute atomic E-state index is 0.129. The van der Waals surface area contributed by atoms with Crippen LogP contribution in [0.1, 0.15) is 41.6 Å². The highest BCUT2D eigenvalue weighted by molar-refractivity contribution is 5.94. The van der Waals surface area contributed by atoms with Crippen molar-refractivity contribution in [2.24, 2.45) is 0 Å². The average Bonchev–Trinajstić information content (AvgIpc) is 3.22. The van der Waals surface area contributed by atoms with Crippen LogP contribution in [-0.4, -0.2) is 59.0 Å². The summed E-state index contributed by atoms with van der Waals surface area (Å²) in [4.78, 5) is 52.4. The number of carbonyl (C=O) groups is 3. The number of carbonyl (C=O) groups excluding carboxylic acids is 3. The fraction of sp³-hybridized carbons (Fsp3) is 0.440. The largest absolute Gasteiger partial charge is 0.491 e. The molecule has 0 saturated carbocycles. The molecule has 3 amide bonds. The first kappa shape index (κ1) is 23.5. The van der Waals surface area contributed by atoms with Crippen LogP contribution >= 0.6 is 0 Å². The molecule has 9 heteroatoms. The van der Waals surface area contributed by atoms with Crippen molar-refractivity contribution in [1.82, 2.24) is 20.1 Å². The Labute approximate surface area is 198 Å². The van der Waals surface area contributed by atoms with E-state index in [1.54, 1.807) is 35.4 Å². The van der Waals surface area contributed by atoms with Crippen molar-refractivity contribution in [3.8, 4) is 5.75 Å². The summed E-state index contributed by atoms with van der Waals surface area (Å²) in [7, 11) is 0. The third-order valence-electron chi connectivity index (χ3n) is 6.42. The first-order valence-corrected chi connectivity index (χ1v) is 11.7. The van der Waals surface area contributed by atoms with E-state index in [-0.39, 0.29) is 67.9 Å². The third kappa shape index (κ3) is 5.47. The molecule has 4 rings (SSSR count). The summed E-state index contributed by atoms with van der Waals surface area (Å²) in [5, 5.41) is 5.81. The van der Waals surface area contributed by atoms with Gasteiger partial charge in [-0.3, -0.25) is 19.2 Å². The molecule has 0 spiro atoms. The Morgan fingerprint density at radius 2 is 1.91 bits per heavy atom. The maximum Gasteiger partial charge on any atom is 0.251 e. The standard InChI is InChI=1S/C25H30N4O5/c1-17-5-6-18-14-21(17)34-13-10-26-22(30)15-19-7-8-20(16-27-25(18)33)29(19)24(32)9-12-28-11-3-2-4-23(28)31/h2-6,11,14,19-20H,7-10,12-13,15-16H2,1H3,(H,26,30)(H,27,33)/t19-,20+/m0/s1. The van der Waals surface area contributed by atoms with Gasteiger partial charge in [0.05, 0.1) is 6.54 Å². The van der Waals surface area contributed by atoms with Crippen LogP contribution in [-0.2, 0) is 16.1 Å². The Bertz CT molecular complexity index is 1130. The monoisotopic (exact) mass is 466 g/mol. The average molecular weight is 467 g/mol. The third-order valence-corrected chi connectivity index (χ3v) is 6.42. The Hall–Kier alpha value is -3.62. The summed E-state index contributed by atoms with van der Waals surface area (Å²) < 4.78 is 7.26.